The van der Waals surface area contributed by atoms with Crippen LogP contribution >= 0.6 is 0 Å². The first-order chi connectivity index (χ1) is 7.27. The molecule has 0 saturated heterocycles. The predicted octanol–water partition coefficient (Wildman–Crippen LogP) is 2.24. The van der Waals surface area contributed by atoms with E-state index in [9.17, 15) is 0 Å². The molecule has 3 unspecified atom stereocenters. The van der Waals surface area contributed by atoms with Crippen molar-refractivity contribution in [3.05, 3.63) is 0 Å². The van der Waals surface area contributed by atoms with E-state index in [2.05, 4.69) is 51.0 Å². The fraction of sp³-hybridized carbons (Fsp3) is 0.923. The van der Waals surface area contributed by atoms with E-state index >= 15 is 0 Å². The third kappa shape index (κ3) is 4.11. The minimum Gasteiger partial charge on any atom is -0.303 e. The quantitative estimate of drug-likeness (QED) is 0.753. The highest BCUT2D eigenvalue weighted by Gasteiger charge is 2.28. The van der Waals surface area contributed by atoms with Crippen molar-refractivity contribution in [3.8, 4) is 6.07 Å². The molecule has 0 aliphatic heterocycles. The van der Waals surface area contributed by atoms with Crippen LogP contribution in [0, 0.1) is 17.2 Å². The van der Waals surface area contributed by atoms with E-state index in [-0.39, 0.29) is 0 Å². The number of hydrogen-bond donors (Lipinski definition) is 1. The Morgan fingerprint density at radius 2 is 1.81 bits per heavy atom. The number of rotatable bonds is 6. The summed E-state index contributed by atoms with van der Waals surface area (Å²) in [5.74, 6) is 0.635. The molecule has 0 aromatic heterocycles. The second-order valence-corrected chi connectivity index (χ2v) is 5.40. The molecule has 94 valence electrons. The summed E-state index contributed by atoms with van der Waals surface area (Å²) >= 11 is 0. The summed E-state index contributed by atoms with van der Waals surface area (Å²) in [4.78, 5) is 2.36. The van der Waals surface area contributed by atoms with Crippen LogP contribution in [0.3, 0.4) is 0 Å². The molecule has 0 amide bonds. The zero-order chi connectivity index (χ0) is 12.9. The summed E-state index contributed by atoms with van der Waals surface area (Å²) < 4.78 is 0. The molecule has 3 atom stereocenters. The van der Waals surface area contributed by atoms with Crippen LogP contribution in [0.1, 0.15) is 41.0 Å². The van der Waals surface area contributed by atoms with Crippen molar-refractivity contribution in [3.63, 3.8) is 0 Å². The fourth-order valence-electron chi connectivity index (χ4n) is 1.81. The van der Waals surface area contributed by atoms with Crippen LogP contribution in [-0.2, 0) is 0 Å². The molecule has 3 heteroatoms. The molecule has 1 N–H and O–H groups in total. The number of nitrogens with one attached hydrogen (secondary N) is 1. The normalized spacial score (nSPS) is 19.2. The first-order valence-electron chi connectivity index (χ1n) is 6.09. The molecule has 0 saturated carbocycles. The lowest BCUT2D eigenvalue weighted by Crippen LogP contribution is -2.47. The molecule has 0 rings (SSSR count). The second kappa shape index (κ2) is 6.22. The Morgan fingerprint density at radius 3 is 2.12 bits per heavy atom. The molecule has 3 nitrogen and oxygen atoms in total. The third-order valence-corrected chi connectivity index (χ3v) is 3.80. The van der Waals surface area contributed by atoms with Gasteiger partial charge in [0.1, 0.15) is 5.54 Å². The molecule has 0 aliphatic carbocycles. The maximum atomic E-state index is 9.13. The van der Waals surface area contributed by atoms with Gasteiger partial charge in [-0.2, -0.15) is 5.26 Å². The summed E-state index contributed by atoms with van der Waals surface area (Å²) in [6.07, 6.45) is 0.841. The Labute approximate surface area is 101 Å². The fourth-order valence-corrected chi connectivity index (χ4v) is 1.81. The van der Waals surface area contributed by atoms with Gasteiger partial charge >= 0.3 is 0 Å². The van der Waals surface area contributed by atoms with Gasteiger partial charge in [0.25, 0.3) is 0 Å². The first kappa shape index (κ1) is 15.4. The molecule has 0 radical (unpaired) electrons. The summed E-state index contributed by atoms with van der Waals surface area (Å²) in [6.45, 7) is 10.8. The summed E-state index contributed by atoms with van der Waals surface area (Å²) in [6, 6.07) is 3.28. The molecular formula is C13H27N3. The summed E-state index contributed by atoms with van der Waals surface area (Å²) in [5, 5.41) is 12.2. The minimum atomic E-state index is -0.426. The van der Waals surface area contributed by atoms with Gasteiger partial charge in [-0.15, -0.1) is 0 Å². The number of nitriles is 1. The van der Waals surface area contributed by atoms with Gasteiger partial charge < -0.3 is 10.2 Å². The van der Waals surface area contributed by atoms with Crippen LogP contribution in [0.4, 0.5) is 0 Å². The van der Waals surface area contributed by atoms with Crippen LogP contribution in [-0.4, -0.2) is 36.6 Å². The van der Waals surface area contributed by atoms with Crippen LogP contribution in [0.2, 0.25) is 0 Å². The highest BCUT2D eigenvalue weighted by molar-refractivity contribution is 5.04. The monoisotopic (exact) mass is 225 g/mol. The lowest BCUT2D eigenvalue weighted by atomic mass is 9.93. The van der Waals surface area contributed by atoms with Crippen molar-refractivity contribution in [1.82, 2.24) is 10.2 Å². The van der Waals surface area contributed by atoms with E-state index in [0.29, 0.717) is 18.0 Å². The molecule has 0 fully saturated rings. The van der Waals surface area contributed by atoms with E-state index in [4.69, 9.17) is 5.26 Å². The first-order valence-corrected chi connectivity index (χ1v) is 6.09. The van der Waals surface area contributed by atoms with Gasteiger partial charge in [0, 0.05) is 12.1 Å². The largest absolute Gasteiger partial charge is 0.303 e. The Balaban J connectivity index is 4.47. The molecular weight excluding hydrogens is 198 g/mol. The molecule has 0 heterocycles. The van der Waals surface area contributed by atoms with Crippen molar-refractivity contribution < 1.29 is 0 Å². The molecule has 0 aliphatic rings. The average Bonchev–Trinajstić information content (AvgIpc) is 2.26. The van der Waals surface area contributed by atoms with Crippen molar-refractivity contribution in [1.29, 1.82) is 5.26 Å². The maximum absolute atomic E-state index is 9.13. The van der Waals surface area contributed by atoms with Crippen molar-refractivity contribution in [2.24, 2.45) is 5.92 Å². The smallest absolute Gasteiger partial charge is 0.105 e. The SMILES string of the molecule is CNC(C)(C#N)CC(C)N(C)C(C)C(C)C. The zero-order valence-electron chi connectivity index (χ0n) is 11.8. The van der Waals surface area contributed by atoms with Crippen molar-refractivity contribution >= 4 is 0 Å². The third-order valence-electron chi connectivity index (χ3n) is 3.80. The van der Waals surface area contributed by atoms with Gasteiger partial charge in [-0.05, 0) is 47.2 Å². The molecule has 0 bridgehead atoms. The number of nitrogens with zero attached hydrogens (tertiary/aromatic N) is 2. The van der Waals surface area contributed by atoms with Crippen LogP contribution < -0.4 is 5.32 Å². The van der Waals surface area contributed by atoms with E-state index < -0.39 is 5.54 Å². The molecule has 0 aromatic carbocycles. The van der Waals surface area contributed by atoms with Gasteiger partial charge in [-0.1, -0.05) is 13.8 Å². The molecule has 0 aromatic rings. The second-order valence-electron chi connectivity index (χ2n) is 5.40. The lowest BCUT2D eigenvalue weighted by molar-refractivity contribution is 0.137. The van der Waals surface area contributed by atoms with Gasteiger partial charge in [0.2, 0.25) is 0 Å². The Kier molecular flexibility index (Phi) is 5.99. The highest BCUT2D eigenvalue weighted by atomic mass is 15.2. The highest BCUT2D eigenvalue weighted by Crippen LogP contribution is 2.18. The Morgan fingerprint density at radius 1 is 1.31 bits per heavy atom. The Hall–Kier alpha value is -0.590. The van der Waals surface area contributed by atoms with E-state index in [0.717, 1.165) is 6.42 Å². The van der Waals surface area contributed by atoms with E-state index in [1.165, 1.54) is 0 Å². The van der Waals surface area contributed by atoms with Crippen LogP contribution in [0.25, 0.3) is 0 Å². The lowest BCUT2D eigenvalue weighted by Gasteiger charge is -2.36. The summed E-state index contributed by atoms with van der Waals surface area (Å²) in [5.41, 5.74) is -0.426. The molecule has 16 heavy (non-hydrogen) atoms. The van der Waals surface area contributed by atoms with Gasteiger partial charge in [-0.3, -0.25) is 0 Å². The number of hydrogen-bond acceptors (Lipinski definition) is 3. The van der Waals surface area contributed by atoms with Gasteiger partial charge in [0.15, 0.2) is 0 Å². The van der Waals surface area contributed by atoms with Gasteiger partial charge in [0.05, 0.1) is 6.07 Å². The van der Waals surface area contributed by atoms with Crippen LogP contribution in [0.5, 0.6) is 0 Å². The average molecular weight is 225 g/mol. The molecule has 0 spiro atoms. The van der Waals surface area contributed by atoms with Crippen LogP contribution in [0.15, 0.2) is 0 Å². The standard InChI is InChI=1S/C13H27N3/c1-10(2)12(4)16(7)11(3)8-13(5,9-14)15-6/h10-12,15H,8H2,1-7H3. The minimum absolute atomic E-state index is 0.398. The Bertz CT molecular complexity index is 244. The predicted molar refractivity (Wildman–Crippen MR) is 69.2 cm³/mol. The van der Waals surface area contributed by atoms with E-state index in [1.54, 1.807) is 0 Å². The van der Waals surface area contributed by atoms with Gasteiger partial charge in [-0.25, -0.2) is 0 Å². The van der Waals surface area contributed by atoms with Crippen molar-refractivity contribution in [2.45, 2.75) is 58.7 Å². The zero-order valence-corrected chi connectivity index (χ0v) is 11.8. The topological polar surface area (TPSA) is 39.1 Å². The van der Waals surface area contributed by atoms with Crippen molar-refractivity contribution in [2.75, 3.05) is 14.1 Å². The summed E-state index contributed by atoms with van der Waals surface area (Å²) in [7, 11) is 3.99. The van der Waals surface area contributed by atoms with E-state index in [1.807, 2.05) is 14.0 Å². The maximum Gasteiger partial charge on any atom is 0.105 e.